The Morgan fingerprint density at radius 2 is 2.00 bits per heavy atom. The molecule has 0 fully saturated rings. The van der Waals surface area contributed by atoms with Crippen LogP contribution < -0.4 is 0 Å². The molecule has 1 aromatic carbocycles. The van der Waals surface area contributed by atoms with Crippen LogP contribution in [-0.4, -0.2) is 9.55 Å². The highest BCUT2D eigenvalue weighted by atomic mass is 79.9. The van der Waals surface area contributed by atoms with E-state index in [0.29, 0.717) is 0 Å². The number of hydrogen-bond donors (Lipinski definition) is 0. The van der Waals surface area contributed by atoms with E-state index in [0.717, 1.165) is 4.47 Å². The van der Waals surface area contributed by atoms with Gasteiger partial charge in [0.05, 0.1) is 6.33 Å². The third-order valence-electron chi connectivity index (χ3n) is 1.83. The second kappa shape index (κ2) is 4.24. The van der Waals surface area contributed by atoms with E-state index < -0.39 is 0 Å². The molecular weight excluding hydrogens is 240 g/mol. The zero-order valence-corrected chi connectivity index (χ0v) is 9.05. The lowest BCUT2D eigenvalue weighted by Gasteiger charge is -1.94. The lowest BCUT2D eigenvalue weighted by Crippen LogP contribution is -1.78. The summed E-state index contributed by atoms with van der Waals surface area (Å²) in [6, 6.07) is 8.15. The SMILES string of the molecule is Brc1ccc(/C=C\n2ccnc2)cc1. The smallest absolute Gasteiger partial charge is 0.0986 e. The van der Waals surface area contributed by atoms with Crippen molar-refractivity contribution in [2.45, 2.75) is 0 Å². The molecule has 1 heterocycles. The Morgan fingerprint density at radius 1 is 1.21 bits per heavy atom. The predicted octanol–water partition coefficient (Wildman–Crippen LogP) is 3.27. The first kappa shape index (κ1) is 9.21. The van der Waals surface area contributed by atoms with Gasteiger partial charge in [0, 0.05) is 23.1 Å². The molecule has 0 N–H and O–H groups in total. The first-order valence-corrected chi connectivity index (χ1v) is 5.05. The minimum Gasteiger partial charge on any atom is -0.313 e. The normalized spacial score (nSPS) is 10.9. The molecule has 2 nitrogen and oxygen atoms in total. The van der Waals surface area contributed by atoms with Crippen molar-refractivity contribution < 1.29 is 0 Å². The van der Waals surface area contributed by atoms with Gasteiger partial charge in [-0.15, -0.1) is 0 Å². The van der Waals surface area contributed by atoms with Gasteiger partial charge in [-0.1, -0.05) is 28.1 Å². The van der Waals surface area contributed by atoms with Crippen LogP contribution in [-0.2, 0) is 0 Å². The van der Waals surface area contributed by atoms with Crippen molar-refractivity contribution in [1.29, 1.82) is 0 Å². The van der Waals surface area contributed by atoms with Crippen LogP contribution in [0.2, 0.25) is 0 Å². The molecule has 0 aliphatic rings. The number of rotatable bonds is 2. The monoisotopic (exact) mass is 248 g/mol. The Bertz CT molecular complexity index is 415. The highest BCUT2D eigenvalue weighted by molar-refractivity contribution is 9.10. The fourth-order valence-electron chi connectivity index (χ4n) is 1.10. The van der Waals surface area contributed by atoms with Crippen LogP contribution in [0.25, 0.3) is 12.3 Å². The largest absolute Gasteiger partial charge is 0.313 e. The van der Waals surface area contributed by atoms with E-state index in [1.165, 1.54) is 5.56 Å². The number of aromatic nitrogens is 2. The maximum atomic E-state index is 3.95. The third kappa shape index (κ3) is 2.33. The summed E-state index contributed by atoms with van der Waals surface area (Å²) in [5, 5.41) is 0. The zero-order valence-electron chi connectivity index (χ0n) is 7.47. The molecule has 0 saturated heterocycles. The summed E-state index contributed by atoms with van der Waals surface area (Å²) in [6.07, 6.45) is 9.42. The molecule has 0 atom stereocenters. The van der Waals surface area contributed by atoms with Crippen LogP contribution in [0, 0.1) is 0 Å². The lowest BCUT2D eigenvalue weighted by molar-refractivity contribution is 1.14. The number of benzene rings is 1. The summed E-state index contributed by atoms with van der Waals surface area (Å²) in [4.78, 5) is 3.95. The van der Waals surface area contributed by atoms with Crippen molar-refractivity contribution in [3.63, 3.8) is 0 Å². The maximum Gasteiger partial charge on any atom is 0.0986 e. The van der Waals surface area contributed by atoms with E-state index in [9.17, 15) is 0 Å². The Morgan fingerprint density at radius 3 is 2.64 bits per heavy atom. The molecule has 0 spiro atoms. The van der Waals surface area contributed by atoms with Gasteiger partial charge in [-0.25, -0.2) is 4.98 Å². The van der Waals surface area contributed by atoms with Crippen molar-refractivity contribution in [2.75, 3.05) is 0 Å². The Balaban J connectivity index is 2.15. The van der Waals surface area contributed by atoms with Crippen LogP contribution in [0.4, 0.5) is 0 Å². The van der Waals surface area contributed by atoms with Crippen LogP contribution in [0.5, 0.6) is 0 Å². The maximum absolute atomic E-state index is 3.95. The van der Waals surface area contributed by atoms with Gasteiger partial charge in [0.1, 0.15) is 0 Å². The molecular formula is C11H9BrN2. The van der Waals surface area contributed by atoms with Gasteiger partial charge in [-0.2, -0.15) is 0 Å². The van der Waals surface area contributed by atoms with E-state index in [2.05, 4.69) is 33.0 Å². The molecule has 0 bridgehead atoms. The number of imidazole rings is 1. The second-order valence-electron chi connectivity index (χ2n) is 2.88. The molecule has 70 valence electrons. The fraction of sp³-hybridized carbons (Fsp3) is 0. The van der Waals surface area contributed by atoms with Gasteiger partial charge >= 0.3 is 0 Å². The van der Waals surface area contributed by atoms with Crippen LogP contribution in [0.3, 0.4) is 0 Å². The third-order valence-corrected chi connectivity index (χ3v) is 2.36. The number of hydrogen-bond acceptors (Lipinski definition) is 1. The van der Waals surface area contributed by atoms with Crippen molar-refractivity contribution in [2.24, 2.45) is 0 Å². The van der Waals surface area contributed by atoms with Crippen molar-refractivity contribution >= 4 is 28.2 Å². The second-order valence-corrected chi connectivity index (χ2v) is 3.79. The van der Waals surface area contributed by atoms with Gasteiger partial charge in [0.2, 0.25) is 0 Å². The van der Waals surface area contributed by atoms with Crippen molar-refractivity contribution in [1.82, 2.24) is 9.55 Å². The molecule has 0 aliphatic heterocycles. The molecule has 14 heavy (non-hydrogen) atoms. The topological polar surface area (TPSA) is 17.8 Å². The molecule has 1 aromatic heterocycles. The number of nitrogens with zero attached hydrogens (tertiary/aromatic N) is 2. The van der Waals surface area contributed by atoms with E-state index in [-0.39, 0.29) is 0 Å². The van der Waals surface area contributed by atoms with Crippen LogP contribution in [0.15, 0.2) is 47.5 Å². The Hall–Kier alpha value is -1.35. The van der Waals surface area contributed by atoms with Gasteiger partial charge in [-0.3, -0.25) is 0 Å². The van der Waals surface area contributed by atoms with Crippen LogP contribution in [0.1, 0.15) is 5.56 Å². The molecule has 0 saturated carbocycles. The molecule has 0 aliphatic carbocycles. The first-order chi connectivity index (χ1) is 6.84. The Kier molecular flexibility index (Phi) is 2.79. The minimum atomic E-state index is 1.09. The highest BCUT2D eigenvalue weighted by Crippen LogP contribution is 2.11. The van der Waals surface area contributed by atoms with E-state index >= 15 is 0 Å². The predicted molar refractivity (Wildman–Crippen MR) is 61.6 cm³/mol. The van der Waals surface area contributed by atoms with Gasteiger partial charge in [0.25, 0.3) is 0 Å². The summed E-state index contributed by atoms with van der Waals surface area (Å²) in [7, 11) is 0. The van der Waals surface area contributed by atoms with Crippen molar-refractivity contribution in [3.8, 4) is 0 Å². The highest BCUT2D eigenvalue weighted by Gasteiger charge is 1.87. The fourth-order valence-corrected chi connectivity index (χ4v) is 1.37. The summed E-state index contributed by atoms with van der Waals surface area (Å²) < 4.78 is 3.00. The summed E-state index contributed by atoms with van der Waals surface area (Å²) in [5.41, 5.74) is 1.17. The standard InChI is InChI=1S/C11H9BrN2/c12-11-3-1-10(2-4-11)5-7-14-8-6-13-9-14/h1-9H/b7-5-. The molecule has 0 radical (unpaired) electrons. The summed E-state index contributed by atoms with van der Waals surface area (Å²) in [6.45, 7) is 0. The first-order valence-electron chi connectivity index (χ1n) is 4.26. The average molecular weight is 249 g/mol. The average Bonchev–Trinajstić information content (AvgIpc) is 2.70. The summed E-state index contributed by atoms with van der Waals surface area (Å²) in [5.74, 6) is 0. The molecule has 3 heteroatoms. The molecule has 0 unspecified atom stereocenters. The molecule has 0 amide bonds. The van der Waals surface area contributed by atoms with Gasteiger partial charge < -0.3 is 4.57 Å². The van der Waals surface area contributed by atoms with Crippen LogP contribution >= 0.6 is 15.9 Å². The van der Waals surface area contributed by atoms with Gasteiger partial charge in [0.15, 0.2) is 0 Å². The molecule has 2 aromatic rings. The quantitative estimate of drug-likeness (QED) is 0.798. The minimum absolute atomic E-state index is 1.09. The molecule has 2 rings (SSSR count). The van der Waals surface area contributed by atoms with E-state index in [4.69, 9.17) is 0 Å². The summed E-state index contributed by atoms with van der Waals surface area (Å²) >= 11 is 3.40. The zero-order chi connectivity index (χ0) is 9.80. The van der Waals surface area contributed by atoms with Gasteiger partial charge in [-0.05, 0) is 23.8 Å². The number of halogens is 1. The van der Waals surface area contributed by atoms with Crippen molar-refractivity contribution in [3.05, 3.63) is 53.0 Å². The van der Waals surface area contributed by atoms with E-state index in [1.807, 2.05) is 35.2 Å². The van der Waals surface area contributed by atoms with E-state index in [1.54, 1.807) is 12.5 Å². The lowest BCUT2D eigenvalue weighted by atomic mass is 10.2. The Labute approximate surface area is 91.0 Å².